The van der Waals surface area contributed by atoms with Gasteiger partial charge in [0.1, 0.15) is 6.61 Å². The molecule has 2 aromatic carbocycles. The van der Waals surface area contributed by atoms with E-state index in [1.807, 2.05) is 30.3 Å². The van der Waals surface area contributed by atoms with Crippen molar-refractivity contribution in [2.75, 3.05) is 32.7 Å². The molecule has 0 aromatic heterocycles. The maximum Gasteiger partial charge on any atom is 0.508 e. The molecule has 0 atom stereocenters. The molecule has 0 heterocycles. The van der Waals surface area contributed by atoms with E-state index in [0.29, 0.717) is 42.4 Å². The fourth-order valence-electron chi connectivity index (χ4n) is 3.27. The van der Waals surface area contributed by atoms with Crippen LogP contribution in [0.5, 0.6) is 0 Å². The Kier molecular flexibility index (Phi) is 11.2. The van der Waals surface area contributed by atoms with Crippen LogP contribution >= 0.6 is 0 Å². The summed E-state index contributed by atoms with van der Waals surface area (Å²) in [5, 5.41) is 19.3. The molecule has 2 rings (SSSR count). The Morgan fingerprint density at radius 1 is 0.886 bits per heavy atom. The number of ether oxygens (including phenoxy) is 2. The zero-order chi connectivity index (χ0) is 25.7. The summed E-state index contributed by atoms with van der Waals surface area (Å²) in [4.78, 5) is 26.6. The number of nitrogens with zero attached hydrogens (tertiary/aromatic N) is 1. The van der Waals surface area contributed by atoms with Crippen LogP contribution in [0.2, 0.25) is 0 Å². The predicted molar refractivity (Wildman–Crippen MR) is 129 cm³/mol. The first kappa shape index (κ1) is 27.8. The van der Waals surface area contributed by atoms with E-state index in [-0.39, 0.29) is 31.3 Å². The van der Waals surface area contributed by atoms with Crippen LogP contribution in [0.15, 0.2) is 59.5 Å². The number of carbonyl (C=O) groups excluding carboxylic acids is 1. The molecule has 0 amide bonds. The molecule has 2 aromatic rings. The molecule has 0 bridgehead atoms. The second kappa shape index (κ2) is 14.1. The molecule has 0 unspecified atom stereocenters. The summed E-state index contributed by atoms with van der Waals surface area (Å²) in [6.45, 7) is -0.362. The number of hydrogen-bond donors (Lipinski definition) is 1. The highest BCUT2D eigenvalue weighted by Gasteiger charge is 2.16. The third-order valence-electron chi connectivity index (χ3n) is 5.07. The van der Waals surface area contributed by atoms with Gasteiger partial charge in [0.25, 0.3) is 5.09 Å². The van der Waals surface area contributed by atoms with Gasteiger partial charge in [-0.05, 0) is 48.1 Å². The molecule has 10 nitrogen and oxygen atoms in total. The molecular formula is C24H29NO9S. The fourth-order valence-corrected chi connectivity index (χ4v) is 3.90. The third-order valence-corrected chi connectivity index (χ3v) is 6.19. The van der Waals surface area contributed by atoms with Crippen LogP contribution < -0.4 is 0 Å². The van der Waals surface area contributed by atoms with Gasteiger partial charge in [0.05, 0.1) is 24.7 Å². The van der Waals surface area contributed by atoms with E-state index in [0.717, 1.165) is 11.8 Å². The molecule has 0 aliphatic heterocycles. The Bertz CT molecular complexity index is 1100. The van der Waals surface area contributed by atoms with Crippen molar-refractivity contribution in [3.8, 4) is 0 Å². The summed E-state index contributed by atoms with van der Waals surface area (Å²) >= 11 is 0. The van der Waals surface area contributed by atoms with E-state index in [9.17, 15) is 28.4 Å². The number of carbonyl (C=O) groups is 1. The standard InChI is InChI=1S/C24H29NO9S/c1-35(30,31)21-13-11-20(12-14-21)23(22(17-26)19-9-5-4-6-10-19)18-33-24(27)32-15-7-2-3-8-16-34-25(28)29/h4-6,9-14,26H,2-3,7-8,15-18H2,1H3/b23-22+. The average Bonchev–Trinajstić information content (AvgIpc) is 2.83. The van der Waals surface area contributed by atoms with Gasteiger partial charge < -0.3 is 19.4 Å². The van der Waals surface area contributed by atoms with Crippen LogP contribution in [0.4, 0.5) is 4.79 Å². The van der Waals surface area contributed by atoms with Gasteiger partial charge in [0, 0.05) is 11.8 Å². The summed E-state index contributed by atoms with van der Waals surface area (Å²) in [5.74, 6) is 0. The summed E-state index contributed by atoms with van der Waals surface area (Å²) in [6.07, 6.45) is 2.73. The highest BCUT2D eigenvalue weighted by Crippen LogP contribution is 2.27. The molecule has 1 N–H and O–H groups in total. The van der Waals surface area contributed by atoms with Gasteiger partial charge in [-0.2, -0.15) is 0 Å². The Labute approximate surface area is 204 Å². The highest BCUT2D eigenvalue weighted by molar-refractivity contribution is 7.90. The minimum absolute atomic E-state index is 0.0325. The van der Waals surface area contributed by atoms with Gasteiger partial charge in [-0.25, -0.2) is 13.2 Å². The normalized spacial score (nSPS) is 11.9. The minimum atomic E-state index is -3.38. The number of aliphatic hydroxyl groups excluding tert-OH is 1. The first-order valence-electron chi connectivity index (χ1n) is 11.0. The van der Waals surface area contributed by atoms with Crippen LogP contribution in [0.1, 0.15) is 36.8 Å². The molecule has 0 fully saturated rings. The number of benzene rings is 2. The number of hydrogen-bond acceptors (Lipinski definition) is 9. The molecule has 0 aliphatic carbocycles. The van der Waals surface area contributed by atoms with Crippen molar-refractivity contribution in [3.63, 3.8) is 0 Å². The van der Waals surface area contributed by atoms with Gasteiger partial charge in [0.15, 0.2) is 9.84 Å². The Morgan fingerprint density at radius 3 is 2.06 bits per heavy atom. The van der Waals surface area contributed by atoms with E-state index in [1.54, 1.807) is 12.1 Å². The molecule has 11 heteroatoms. The van der Waals surface area contributed by atoms with Gasteiger partial charge in [0.2, 0.25) is 0 Å². The second-order valence-corrected chi connectivity index (χ2v) is 9.65. The number of unbranched alkanes of at least 4 members (excludes halogenated alkanes) is 3. The molecule has 35 heavy (non-hydrogen) atoms. The Morgan fingerprint density at radius 2 is 1.49 bits per heavy atom. The average molecular weight is 508 g/mol. The lowest BCUT2D eigenvalue weighted by atomic mass is 9.95. The van der Waals surface area contributed by atoms with E-state index >= 15 is 0 Å². The minimum Gasteiger partial charge on any atom is -0.434 e. The molecule has 190 valence electrons. The zero-order valence-corrected chi connectivity index (χ0v) is 20.2. The van der Waals surface area contributed by atoms with E-state index in [1.165, 1.54) is 12.1 Å². The van der Waals surface area contributed by atoms with Gasteiger partial charge in [-0.1, -0.05) is 48.9 Å². The van der Waals surface area contributed by atoms with E-state index in [4.69, 9.17) is 9.47 Å². The molecule has 0 radical (unpaired) electrons. The number of rotatable bonds is 14. The lowest BCUT2D eigenvalue weighted by molar-refractivity contribution is -0.757. The monoisotopic (exact) mass is 507 g/mol. The van der Waals surface area contributed by atoms with Crippen molar-refractivity contribution < 1.29 is 37.7 Å². The first-order chi connectivity index (χ1) is 16.7. The van der Waals surface area contributed by atoms with Gasteiger partial charge in [-0.15, -0.1) is 10.1 Å². The van der Waals surface area contributed by atoms with Crippen molar-refractivity contribution in [2.45, 2.75) is 30.6 Å². The molecular weight excluding hydrogens is 478 g/mol. The molecule has 0 saturated heterocycles. The zero-order valence-electron chi connectivity index (χ0n) is 19.4. The lowest BCUT2D eigenvalue weighted by Gasteiger charge is -2.16. The van der Waals surface area contributed by atoms with Crippen LogP contribution in [0.25, 0.3) is 11.1 Å². The second-order valence-electron chi connectivity index (χ2n) is 7.64. The van der Waals surface area contributed by atoms with Crippen LogP contribution in [0, 0.1) is 10.1 Å². The van der Waals surface area contributed by atoms with Crippen molar-refractivity contribution in [2.24, 2.45) is 0 Å². The van der Waals surface area contributed by atoms with Gasteiger partial charge >= 0.3 is 6.16 Å². The smallest absolute Gasteiger partial charge is 0.434 e. The highest BCUT2D eigenvalue weighted by atomic mass is 32.2. The molecule has 0 aliphatic rings. The quantitative estimate of drug-likeness (QED) is 0.132. The summed E-state index contributed by atoms with van der Waals surface area (Å²) in [5.41, 5.74) is 2.37. The van der Waals surface area contributed by atoms with Crippen LogP contribution in [0.3, 0.4) is 0 Å². The summed E-state index contributed by atoms with van der Waals surface area (Å²) in [7, 11) is -3.38. The van der Waals surface area contributed by atoms with Crippen LogP contribution in [-0.2, 0) is 24.1 Å². The van der Waals surface area contributed by atoms with Crippen LogP contribution in [-0.4, -0.2) is 57.4 Å². The summed E-state index contributed by atoms with van der Waals surface area (Å²) in [6, 6.07) is 15.2. The number of sulfone groups is 1. The van der Waals surface area contributed by atoms with Crippen molar-refractivity contribution >= 4 is 27.1 Å². The lowest BCUT2D eigenvalue weighted by Crippen LogP contribution is -2.12. The van der Waals surface area contributed by atoms with Crippen molar-refractivity contribution in [3.05, 3.63) is 75.8 Å². The molecule has 0 spiro atoms. The summed E-state index contributed by atoms with van der Waals surface area (Å²) < 4.78 is 34.0. The first-order valence-corrected chi connectivity index (χ1v) is 12.9. The van der Waals surface area contributed by atoms with E-state index in [2.05, 4.69) is 4.84 Å². The fraction of sp³-hybridized carbons (Fsp3) is 0.375. The Balaban J connectivity index is 2.03. The van der Waals surface area contributed by atoms with Gasteiger partial charge in [-0.3, -0.25) is 0 Å². The third kappa shape index (κ3) is 9.75. The SMILES string of the molecule is CS(=O)(=O)c1ccc(/C(COC(=O)OCCCCCCO[N+](=O)[O-])=C(\CO)c2ccccc2)cc1. The maximum absolute atomic E-state index is 12.1. The molecule has 0 saturated carbocycles. The number of aliphatic hydroxyl groups is 1. The Hall–Kier alpha value is -3.44. The predicted octanol–water partition coefficient (Wildman–Crippen LogP) is 3.92. The largest absolute Gasteiger partial charge is 0.508 e. The van der Waals surface area contributed by atoms with Crippen molar-refractivity contribution in [1.82, 2.24) is 0 Å². The van der Waals surface area contributed by atoms with E-state index < -0.39 is 21.1 Å². The maximum atomic E-state index is 12.1. The van der Waals surface area contributed by atoms with Crippen molar-refractivity contribution in [1.29, 1.82) is 0 Å². The topological polar surface area (TPSA) is 142 Å².